The quantitative estimate of drug-likeness (QED) is 0.657. The van der Waals surface area contributed by atoms with E-state index in [0.29, 0.717) is 19.6 Å². The van der Waals surface area contributed by atoms with Crippen LogP contribution in [0.5, 0.6) is 0 Å². The lowest BCUT2D eigenvalue weighted by Crippen LogP contribution is -2.16. The molecule has 0 aromatic rings. The highest BCUT2D eigenvalue weighted by Crippen LogP contribution is 1.88. The SMILES string of the molecule is CCCO.CN(C)CCCS(=O)(=O)O. The van der Waals surface area contributed by atoms with E-state index in [4.69, 9.17) is 9.66 Å². The van der Waals surface area contributed by atoms with E-state index < -0.39 is 10.1 Å². The molecule has 2 N–H and O–H groups in total. The summed E-state index contributed by atoms with van der Waals surface area (Å²) < 4.78 is 28.6. The maximum atomic E-state index is 10.1. The van der Waals surface area contributed by atoms with E-state index in [1.165, 1.54) is 0 Å². The van der Waals surface area contributed by atoms with Gasteiger partial charge in [-0.15, -0.1) is 0 Å². The van der Waals surface area contributed by atoms with Crippen LogP contribution in [0.15, 0.2) is 0 Å². The topological polar surface area (TPSA) is 77.8 Å². The van der Waals surface area contributed by atoms with E-state index in [1.54, 1.807) is 0 Å². The molecule has 0 radical (unpaired) electrons. The Bertz CT molecular complexity index is 199. The molecular weight excluding hydrogens is 206 g/mol. The van der Waals surface area contributed by atoms with Crippen LogP contribution in [0.4, 0.5) is 0 Å². The van der Waals surface area contributed by atoms with Crippen molar-refractivity contribution in [3.8, 4) is 0 Å². The fraction of sp³-hybridized carbons (Fsp3) is 1.00. The zero-order chi connectivity index (χ0) is 11.6. The Morgan fingerprint density at radius 1 is 1.29 bits per heavy atom. The van der Waals surface area contributed by atoms with Gasteiger partial charge in [0.1, 0.15) is 0 Å². The predicted octanol–water partition coefficient (Wildman–Crippen LogP) is 0.215. The van der Waals surface area contributed by atoms with Gasteiger partial charge in [-0.2, -0.15) is 8.42 Å². The van der Waals surface area contributed by atoms with Gasteiger partial charge in [-0.1, -0.05) is 6.92 Å². The van der Waals surface area contributed by atoms with Crippen LogP contribution in [0, 0.1) is 0 Å². The number of aliphatic hydroxyl groups excluding tert-OH is 1. The molecule has 0 atom stereocenters. The van der Waals surface area contributed by atoms with E-state index in [1.807, 2.05) is 25.9 Å². The van der Waals surface area contributed by atoms with Gasteiger partial charge in [-0.05, 0) is 33.5 Å². The fourth-order valence-electron chi connectivity index (χ4n) is 0.563. The number of aliphatic hydroxyl groups is 1. The van der Waals surface area contributed by atoms with Crippen LogP contribution in [0.3, 0.4) is 0 Å². The van der Waals surface area contributed by atoms with Crippen molar-refractivity contribution in [3.63, 3.8) is 0 Å². The molecule has 0 fully saturated rings. The Morgan fingerprint density at radius 3 is 1.93 bits per heavy atom. The summed E-state index contributed by atoms with van der Waals surface area (Å²) in [5, 5.41) is 7.88. The van der Waals surface area contributed by atoms with Crippen LogP contribution < -0.4 is 0 Å². The molecule has 0 heterocycles. The second kappa shape index (κ2) is 9.39. The third-order valence-corrected chi connectivity index (χ3v) is 2.04. The molecule has 0 rings (SSSR count). The van der Waals surface area contributed by atoms with Crippen molar-refractivity contribution in [1.29, 1.82) is 0 Å². The summed E-state index contributed by atoms with van der Waals surface area (Å²) in [5.74, 6) is -0.148. The lowest BCUT2D eigenvalue weighted by atomic mass is 10.5. The normalized spacial score (nSPS) is 11.0. The fourth-order valence-corrected chi connectivity index (χ4v) is 1.06. The summed E-state index contributed by atoms with van der Waals surface area (Å²) in [7, 11) is -0.0441. The van der Waals surface area contributed by atoms with Crippen molar-refractivity contribution >= 4 is 10.1 Å². The summed E-state index contributed by atoms with van der Waals surface area (Å²) in [6, 6.07) is 0. The monoisotopic (exact) mass is 227 g/mol. The van der Waals surface area contributed by atoms with E-state index in [-0.39, 0.29) is 5.75 Å². The Labute approximate surface area is 86.5 Å². The van der Waals surface area contributed by atoms with E-state index in [9.17, 15) is 8.42 Å². The van der Waals surface area contributed by atoms with Gasteiger partial charge in [0.2, 0.25) is 0 Å². The molecule has 0 saturated carbocycles. The molecule has 5 nitrogen and oxygen atoms in total. The van der Waals surface area contributed by atoms with Gasteiger partial charge < -0.3 is 10.0 Å². The van der Waals surface area contributed by atoms with Crippen LogP contribution >= 0.6 is 0 Å². The van der Waals surface area contributed by atoms with Crippen molar-refractivity contribution in [3.05, 3.63) is 0 Å². The van der Waals surface area contributed by atoms with Crippen molar-refractivity contribution in [2.24, 2.45) is 0 Å². The van der Waals surface area contributed by atoms with E-state index in [0.717, 1.165) is 6.42 Å². The standard InChI is InChI=1S/C5H13NO3S.C3H8O/c1-6(2)4-3-5-10(7,8)9;1-2-3-4/h3-5H2,1-2H3,(H,7,8,9);4H,2-3H2,1H3. The molecule has 0 aliphatic heterocycles. The minimum absolute atomic E-state index is 0.148. The second-order valence-electron chi connectivity index (χ2n) is 3.17. The maximum Gasteiger partial charge on any atom is 0.264 e. The zero-order valence-corrected chi connectivity index (χ0v) is 9.92. The Balaban J connectivity index is 0. The Morgan fingerprint density at radius 2 is 1.71 bits per heavy atom. The first kappa shape index (κ1) is 16.3. The third-order valence-electron chi connectivity index (χ3n) is 1.23. The van der Waals surface area contributed by atoms with Gasteiger partial charge in [0.05, 0.1) is 5.75 Å². The molecule has 0 aromatic carbocycles. The number of hydrogen-bond donors (Lipinski definition) is 2. The van der Waals surface area contributed by atoms with Crippen LogP contribution in [-0.2, 0) is 10.1 Å². The summed E-state index contributed by atoms with van der Waals surface area (Å²) in [6.07, 6.45) is 1.35. The number of rotatable bonds is 5. The molecule has 14 heavy (non-hydrogen) atoms. The lowest BCUT2D eigenvalue weighted by Gasteiger charge is -2.06. The smallest absolute Gasteiger partial charge is 0.264 e. The van der Waals surface area contributed by atoms with Crippen LogP contribution in [0.25, 0.3) is 0 Å². The van der Waals surface area contributed by atoms with E-state index in [2.05, 4.69) is 0 Å². The van der Waals surface area contributed by atoms with Crippen LogP contribution in [-0.4, -0.2) is 56.0 Å². The average Bonchev–Trinajstić information content (AvgIpc) is 2.02. The zero-order valence-electron chi connectivity index (χ0n) is 9.10. The molecule has 0 aromatic heterocycles. The van der Waals surface area contributed by atoms with Gasteiger partial charge in [0.15, 0.2) is 0 Å². The van der Waals surface area contributed by atoms with Gasteiger partial charge >= 0.3 is 0 Å². The first-order chi connectivity index (χ1) is 6.33. The predicted molar refractivity (Wildman–Crippen MR) is 57.0 cm³/mol. The van der Waals surface area contributed by atoms with Crippen molar-refractivity contribution in [2.45, 2.75) is 19.8 Å². The molecule has 88 valence electrons. The molecule has 0 bridgehead atoms. The van der Waals surface area contributed by atoms with Gasteiger partial charge in [0, 0.05) is 6.61 Å². The van der Waals surface area contributed by atoms with E-state index >= 15 is 0 Å². The minimum atomic E-state index is -3.75. The maximum absolute atomic E-state index is 10.1. The largest absolute Gasteiger partial charge is 0.396 e. The highest BCUT2D eigenvalue weighted by atomic mass is 32.2. The van der Waals surface area contributed by atoms with Crippen molar-refractivity contribution in [1.82, 2.24) is 4.90 Å². The molecule has 0 aliphatic carbocycles. The van der Waals surface area contributed by atoms with Crippen LogP contribution in [0.2, 0.25) is 0 Å². The molecule has 0 aliphatic rings. The molecule has 0 saturated heterocycles. The van der Waals surface area contributed by atoms with Gasteiger partial charge in [0.25, 0.3) is 10.1 Å². The third kappa shape index (κ3) is 22.6. The summed E-state index contributed by atoms with van der Waals surface area (Å²) >= 11 is 0. The van der Waals surface area contributed by atoms with Crippen molar-refractivity contribution in [2.75, 3.05) is 33.0 Å². The molecule has 0 spiro atoms. The van der Waals surface area contributed by atoms with Crippen LogP contribution in [0.1, 0.15) is 19.8 Å². The Kier molecular flexibility index (Phi) is 10.9. The highest BCUT2D eigenvalue weighted by molar-refractivity contribution is 7.85. The molecule has 0 amide bonds. The van der Waals surface area contributed by atoms with Gasteiger partial charge in [-0.25, -0.2) is 0 Å². The lowest BCUT2D eigenvalue weighted by molar-refractivity contribution is 0.295. The first-order valence-corrected chi connectivity index (χ1v) is 6.15. The molecule has 6 heteroatoms. The number of nitrogens with zero attached hydrogens (tertiary/aromatic N) is 1. The summed E-state index contributed by atoms with van der Waals surface area (Å²) in [6.45, 7) is 2.93. The summed E-state index contributed by atoms with van der Waals surface area (Å²) in [5.41, 5.74) is 0. The minimum Gasteiger partial charge on any atom is -0.396 e. The average molecular weight is 227 g/mol. The highest BCUT2D eigenvalue weighted by Gasteiger charge is 2.02. The molecule has 0 unspecified atom stereocenters. The van der Waals surface area contributed by atoms with Gasteiger partial charge in [-0.3, -0.25) is 4.55 Å². The first-order valence-electron chi connectivity index (χ1n) is 4.54. The second-order valence-corrected chi connectivity index (χ2v) is 4.74. The molecular formula is C8H21NO4S. The Hall–Kier alpha value is -0.170. The number of hydrogen-bond acceptors (Lipinski definition) is 4. The van der Waals surface area contributed by atoms with Crippen molar-refractivity contribution < 1.29 is 18.1 Å². The summed E-state index contributed by atoms with van der Waals surface area (Å²) in [4.78, 5) is 1.87.